The van der Waals surface area contributed by atoms with Gasteiger partial charge in [-0.15, -0.1) is 0 Å². The van der Waals surface area contributed by atoms with Gasteiger partial charge in [0.2, 0.25) is 0 Å². The summed E-state index contributed by atoms with van der Waals surface area (Å²) < 4.78 is 0. The predicted molar refractivity (Wildman–Crippen MR) is 75.1 cm³/mol. The zero-order chi connectivity index (χ0) is 12.1. The first-order chi connectivity index (χ1) is 8.28. The minimum absolute atomic E-state index is 0.831. The fourth-order valence-corrected chi connectivity index (χ4v) is 2.73. The van der Waals surface area contributed by atoms with Crippen molar-refractivity contribution >= 4 is 6.08 Å². The largest absolute Gasteiger partial charge is 0.306 e. The molecule has 1 unspecified atom stereocenters. The lowest BCUT2D eigenvalue weighted by atomic mass is 9.94. The molecule has 1 aliphatic heterocycles. The zero-order valence-corrected chi connectivity index (χ0v) is 10.9. The number of rotatable bonds is 3. The molecule has 1 nitrogen and oxygen atoms in total. The third kappa shape index (κ3) is 3.71. The van der Waals surface area contributed by atoms with E-state index in [2.05, 4.69) is 42.8 Å². The smallest absolute Gasteiger partial charge is 0.000979 e. The molecule has 0 amide bonds. The highest BCUT2D eigenvalue weighted by atomic mass is 15.1. The van der Waals surface area contributed by atoms with Gasteiger partial charge in [0.05, 0.1) is 0 Å². The van der Waals surface area contributed by atoms with E-state index < -0.39 is 0 Å². The van der Waals surface area contributed by atoms with Gasteiger partial charge in [-0.3, -0.25) is 0 Å². The number of benzene rings is 1. The maximum Gasteiger partial charge on any atom is 0.000979 e. The Balaban J connectivity index is 1.96. The van der Waals surface area contributed by atoms with Crippen LogP contribution in [0.25, 0.3) is 6.08 Å². The van der Waals surface area contributed by atoms with E-state index in [0.717, 1.165) is 5.92 Å². The Bertz CT molecular complexity index is 352. The van der Waals surface area contributed by atoms with E-state index in [1.807, 2.05) is 6.08 Å². The van der Waals surface area contributed by atoms with Gasteiger partial charge >= 0.3 is 0 Å². The molecule has 1 heteroatoms. The molecule has 0 N–H and O–H groups in total. The molecule has 1 aromatic carbocycles. The van der Waals surface area contributed by atoms with Crippen molar-refractivity contribution in [3.63, 3.8) is 0 Å². The average Bonchev–Trinajstić information content (AvgIpc) is 2.55. The van der Waals surface area contributed by atoms with Crippen LogP contribution in [0, 0.1) is 5.92 Å². The maximum absolute atomic E-state index is 3.79. The van der Waals surface area contributed by atoms with Gasteiger partial charge < -0.3 is 4.90 Å². The van der Waals surface area contributed by atoms with E-state index in [0.29, 0.717) is 0 Å². The molecule has 1 fully saturated rings. The second kappa shape index (κ2) is 6.02. The summed E-state index contributed by atoms with van der Waals surface area (Å²) in [6.45, 7) is 6.31. The van der Waals surface area contributed by atoms with E-state index in [4.69, 9.17) is 0 Å². The predicted octanol–water partition coefficient (Wildman–Crippen LogP) is 3.60. The summed E-state index contributed by atoms with van der Waals surface area (Å²) in [4.78, 5) is 2.48. The second-order valence-corrected chi connectivity index (χ2v) is 5.27. The van der Waals surface area contributed by atoms with Crippen molar-refractivity contribution in [2.45, 2.75) is 25.7 Å². The maximum atomic E-state index is 3.79. The number of hydrogen-bond donors (Lipinski definition) is 0. The van der Waals surface area contributed by atoms with E-state index >= 15 is 0 Å². The van der Waals surface area contributed by atoms with E-state index in [9.17, 15) is 0 Å². The Morgan fingerprint density at radius 2 is 2.06 bits per heavy atom. The summed E-state index contributed by atoms with van der Waals surface area (Å²) >= 11 is 0. The first kappa shape index (κ1) is 12.4. The van der Waals surface area contributed by atoms with Gasteiger partial charge in [0.15, 0.2) is 0 Å². The lowest BCUT2D eigenvalue weighted by Crippen LogP contribution is -2.25. The monoisotopic (exact) mass is 229 g/mol. The molecule has 1 aliphatic rings. The number of hydrogen-bond acceptors (Lipinski definition) is 1. The van der Waals surface area contributed by atoms with E-state index in [1.165, 1.54) is 49.9 Å². The molecular formula is C16H23N. The van der Waals surface area contributed by atoms with Crippen LogP contribution in [0.15, 0.2) is 30.8 Å². The Morgan fingerprint density at radius 3 is 2.76 bits per heavy atom. The molecule has 0 spiro atoms. The van der Waals surface area contributed by atoms with E-state index in [1.54, 1.807) is 0 Å². The zero-order valence-electron chi connectivity index (χ0n) is 10.9. The lowest BCUT2D eigenvalue weighted by molar-refractivity contribution is 0.298. The van der Waals surface area contributed by atoms with Crippen molar-refractivity contribution < 1.29 is 0 Å². The highest BCUT2D eigenvalue weighted by molar-refractivity contribution is 5.47. The lowest BCUT2D eigenvalue weighted by Gasteiger charge is -2.19. The Kier molecular flexibility index (Phi) is 4.38. The van der Waals surface area contributed by atoms with Crippen LogP contribution in [0.3, 0.4) is 0 Å². The number of nitrogens with zero attached hydrogens (tertiary/aromatic N) is 1. The van der Waals surface area contributed by atoms with Crippen molar-refractivity contribution in [3.8, 4) is 0 Å². The molecule has 0 bridgehead atoms. The quantitative estimate of drug-likeness (QED) is 0.765. The molecule has 0 radical (unpaired) electrons. The van der Waals surface area contributed by atoms with Crippen molar-refractivity contribution in [1.82, 2.24) is 4.90 Å². The van der Waals surface area contributed by atoms with Crippen LogP contribution in [0.2, 0.25) is 0 Å². The van der Waals surface area contributed by atoms with Gasteiger partial charge in [0.1, 0.15) is 0 Å². The van der Waals surface area contributed by atoms with Gasteiger partial charge in [-0.05, 0) is 49.9 Å². The molecule has 1 atom stereocenters. The minimum Gasteiger partial charge on any atom is -0.306 e. The van der Waals surface area contributed by atoms with Crippen LogP contribution in [-0.4, -0.2) is 25.0 Å². The standard InChI is InChI=1S/C16H23N/c1-3-14-7-9-15(10-8-14)12-16-6-4-5-11-17(2)13-16/h3,7-10,16H,1,4-6,11-13H2,2H3. The van der Waals surface area contributed by atoms with Crippen molar-refractivity contribution in [2.75, 3.05) is 20.1 Å². The molecule has 2 rings (SSSR count). The molecule has 1 heterocycles. The highest BCUT2D eigenvalue weighted by Gasteiger charge is 2.15. The summed E-state index contributed by atoms with van der Waals surface area (Å²) in [5.74, 6) is 0.831. The molecule has 0 saturated carbocycles. The number of likely N-dealkylation sites (tertiary alicyclic amines) is 1. The molecule has 92 valence electrons. The molecular weight excluding hydrogens is 206 g/mol. The van der Waals surface area contributed by atoms with Crippen molar-refractivity contribution in [3.05, 3.63) is 42.0 Å². The Morgan fingerprint density at radius 1 is 1.29 bits per heavy atom. The minimum atomic E-state index is 0.831. The summed E-state index contributed by atoms with van der Waals surface area (Å²) in [6, 6.07) is 8.84. The highest BCUT2D eigenvalue weighted by Crippen LogP contribution is 2.20. The fourth-order valence-electron chi connectivity index (χ4n) is 2.73. The summed E-state index contributed by atoms with van der Waals surface area (Å²) in [5, 5.41) is 0. The van der Waals surface area contributed by atoms with Gasteiger partial charge in [0.25, 0.3) is 0 Å². The van der Waals surface area contributed by atoms with Gasteiger partial charge in [-0.25, -0.2) is 0 Å². The van der Waals surface area contributed by atoms with Gasteiger partial charge in [0, 0.05) is 6.54 Å². The van der Waals surface area contributed by atoms with Crippen LogP contribution in [0.1, 0.15) is 30.4 Å². The molecule has 1 saturated heterocycles. The molecule has 0 aromatic heterocycles. The van der Waals surface area contributed by atoms with Gasteiger partial charge in [-0.2, -0.15) is 0 Å². The molecule has 0 aliphatic carbocycles. The van der Waals surface area contributed by atoms with Crippen LogP contribution >= 0.6 is 0 Å². The first-order valence-corrected chi connectivity index (χ1v) is 6.68. The Labute approximate surface area is 105 Å². The summed E-state index contributed by atoms with van der Waals surface area (Å²) in [5.41, 5.74) is 2.68. The summed E-state index contributed by atoms with van der Waals surface area (Å²) in [6.07, 6.45) is 7.26. The van der Waals surface area contributed by atoms with E-state index in [-0.39, 0.29) is 0 Å². The van der Waals surface area contributed by atoms with Crippen LogP contribution in [-0.2, 0) is 6.42 Å². The molecule has 1 aromatic rings. The fraction of sp³-hybridized carbons (Fsp3) is 0.500. The van der Waals surface area contributed by atoms with Gasteiger partial charge in [-0.1, -0.05) is 43.3 Å². The van der Waals surface area contributed by atoms with Crippen LogP contribution in [0.5, 0.6) is 0 Å². The molecule has 17 heavy (non-hydrogen) atoms. The second-order valence-electron chi connectivity index (χ2n) is 5.27. The Hall–Kier alpha value is -1.08. The normalized spacial score (nSPS) is 22.1. The first-order valence-electron chi connectivity index (χ1n) is 6.68. The van der Waals surface area contributed by atoms with Crippen molar-refractivity contribution in [1.29, 1.82) is 0 Å². The SMILES string of the molecule is C=Cc1ccc(CC2CCCCN(C)C2)cc1. The average molecular weight is 229 g/mol. The van der Waals surface area contributed by atoms with Crippen molar-refractivity contribution in [2.24, 2.45) is 5.92 Å². The summed E-state index contributed by atoms with van der Waals surface area (Å²) in [7, 11) is 2.25. The van der Waals surface area contributed by atoms with Crippen LogP contribution in [0.4, 0.5) is 0 Å². The topological polar surface area (TPSA) is 3.24 Å². The van der Waals surface area contributed by atoms with Crippen LogP contribution < -0.4 is 0 Å². The third-order valence-electron chi connectivity index (χ3n) is 3.71. The third-order valence-corrected chi connectivity index (χ3v) is 3.71.